The van der Waals surface area contributed by atoms with Crippen LogP contribution in [0, 0.1) is 6.92 Å². The van der Waals surface area contributed by atoms with Gasteiger partial charge in [-0.05, 0) is 56.4 Å². The molecule has 2 aliphatic rings. The lowest BCUT2D eigenvalue weighted by atomic mass is 9.92. The van der Waals surface area contributed by atoms with Crippen molar-refractivity contribution in [3.8, 4) is 11.5 Å². The van der Waals surface area contributed by atoms with Gasteiger partial charge in [0.25, 0.3) is 0 Å². The van der Waals surface area contributed by atoms with Gasteiger partial charge in [-0.25, -0.2) is 0 Å². The van der Waals surface area contributed by atoms with Crippen LogP contribution in [-0.2, 0) is 19.4 Å². The van der Waals surface area contributed by atoms with Gasteiger partial charge in [-0.15, -0.1) is 11.3 Å². The molecule has 4 rings (SSSR count). The smallest absolute Gasteiger partial charge is 0.165 e. The molecule has 2 aromatic rings. The number of aromatic hydroxyl groups is 1. The summed E-state index contributed by atoms with van der Waals surface area (Å²) in [6.07, 6.45) is 3.30. The summed E-state index contributed by atoms with van der Waals surface area (Å²) in [5.41, 5.74) is 4.01. The van der Waals surface area contributed by atoms with Gasteiger partial charge in [0.05, 0.1) is 7.11 Å². The summed E-state index contributed by atoms with van der Waals surface area (Å²) >= 11 is 1.96. The van der Waals surface area contributed by atoms with Crippen LogP contribution in [0.15, 0.2) is 18.2 Å². The Balaban J connectivity index is 1.79. The lowest BCUT2D eigenvalue weighted by Crippen LogP contribution is -2.40. The minimum atomic E-state index is 0.251. The quantitative estimate of drug-likeness (QED) is 0.851. The maximum Gasteiger partial charge on any atom is 0.165 e. The second-order valence-electron chi connectivity index (χ2n) is 6.77. The first kappa shape index (κ1) is 15.0. The van der Waals surface area contributed by atoms with Crippen molar-refractivity contribution < 1.29 is 9.84 Å². The maximum absolute atomic E-state index is 10.1. The zero-order valence-corrected chi connectivity index (χ0v) is 14.7. The van der Waals surface area contributed by atoms with Crippen molar-refractivity contribution in [2.75, 3.05) is 7.11 Å². The molecular formula is C19H23NO2S. The fourth-order valence-corrected chi connectivity index (χ4v) is 5.46. The van der Waals surface area contributed by atoms with E-state index in [1.165, 1.54) is 16.0 Å². The number of rotatable bonds is 1. The Labute approximate surface area is 141 Å². The predicted octanol–water partition coefficient (Wildman–Crippen LogP) is 4.20. The number of fused-ring (bicyclic) bond motifs is 4. The topological polar surface area (TPSA) is 32.7 Å². The molecule has 0 bridgehead atoms. The number of nitrogens with zero attached hydrogens (tertiary/aromatic N) is 1. The summed E-state index contributed by atoms with van der Waals surface area (Å²) in [6.45, 7) is 5.39. The maximum atomic E-state index is 10.1. The molecule has 0 spiro atoms. The third-order valence-electron chi connectivity index (χ3n) is 5.34. The molecule has 2 atom stereocenters. The molecular weight excluding hydrogens is 306 g/mol. The number of aryl methyl sites for hydroxylation is 2. The molecule has 0 fully saturated rings. The number of ether oxygens (including phenoxy) is 1. The predicted molar refractivity (Wildman–Crippen MR) is 93.5 cm³/mol. The fourth-order valence-electron chi connectivity index (χ4n) is 4.25. The number of benzene rings is 1. The normalized spacial score (nSPS) is 23.6. The molecule has 0 radical (unpaired) electrons. The fraction of sp³-hybridized carbons (Fsp3) is 0.474. The standard InChI is InChI=1S/C19H23NO2S/c1-11-8-18-14(9-12(2)23-18)16-6-4-13-5-7-17(21)19(22-3)15(13)10-20(11)16/h5,7,9,11,16,21H,4,6,8,10H2,1-3H3/t11?,16-/m0/s1. The Morgan fingerprint density at radius 2 is 2.17 bits per heavy atom. The highest BCUT2D eigenvalue weighted by Gasteiger charge is 2.36. The Morgan fingerprint density at radius 1 is 1.35 bits per heavy atom. The van der Waals surface area contributed by atoms with E-state index < -0.39 is 0 Å². The van der Waals surface area contributed by atoms with Crippen LogP contribution in [0.1, 0.15) is 45.8 Å². The molecule has 3 nitrogen and oxygen atoms in total. The third-order valence-corrected chi connectivity index (χ3v) is 6.43. The molecule has 1 N–H and O–H groups in total. The zero-order valence-electron chi connectivity index (χ0n) is 13.9. The third kappa shape index (κ3) is 2.36. The summed E-state index contributed by atoms with van der Waals surface area (Å²) in [5.74, 6) is 0.907. The van der Waals surface area contributed by atoms with Gasteiger partial charge in [-0.2, -0.15) is 0 Å². The molecule has 1 aromatic carbocycles. The zero-order chi connectivity index (χ0) is 16.1. The lowest BCUT2D eigenvalue weighted by molar-refractivity contribution is 0.117. The largest absolute Gasteiger partial charge is 0.504 e. The molecule has 0 saturated carbocycles. The average Bonchev–Trinajstić information content (AvgIpc) is 2.77. The highest BCUT2D eigenvalue weighted by Crippen LogP contribution is 2.45. The Bertz CT molecular complexity index is 752. The summed E-state index contributed by atoms with van der Waals surface area (Å²) < 4.78 is 5.51. The first-order valence-corrected chi connectivity index (χ1v) is 9.12. The van der Waals surface area contributed by atoms with Crippen molar-refractivity contribution in [2.24, 2.45) is 0 Å². The number of phenolic OH excluding ortho intramolecular Hbond substituents is 1. The van der Waals surface area contributed by atoms with Gasteiger partial charge in [0.1, 0.15) is 0 Å². The van der Waals surface area contributed by atoms with Gasteiger partial charge in [-0.1, -0.05) is 6.07 Å². The summed E-state index contributed by atoms with van der Waals surface area (Å²) in [5, 5.41) is 10.1. The Kier molecular flexibility index (Phi) is 3.62. The first-order chi connectivity index (χ1) is 11.1. The van der Waals surface area contributed by atoms with E-state index in [1.54, 1.807) is 18.1 Å². The van der Waals surface area contributed by atoms with E-state index in [-0.39, 0.29) is 5.75 Å². The number of phenols is 1. The molecule has 2 aliphatic heterocycles. The van der Waals surface area contributed by atoms with Gasteiger partial charge in [0.2, 0.25) is 0 Å². The van der Waals surface area contributed by atoms with Crippen molar-refractivity contribution in [1.29, 1.82) is 0 Å². The molecule has 0 amide bonds. The molecule has 122 valence electrons. The minimum Gasteiger partial charge on any atom is -0.504 e. The number of thiophene rings is 1. The molecule has 23 heavy (non-hydrogen) atoms. The van der Waals surface area contributed by atoms with Crippen molar-refractivity contribution in [1.82, 2.24) is 4.90 Å². The van der Waals surface area contributed by atoms with Crippen LogP contribution < -0.4 is 4.74 Å². The lowest BCUT2D eigenvalue weighted by Gasteiger charge is -2.39. The molecule has 3 heterocycles. The van der Waals surface area contributed by atoms with Crippen LogP contribution in [-0.4, -0.2) is 23.2 Å². The van der Waals surface area contributed by atoms with Gasteiger partial charge < -0.3 is 9.84 Å². The van der Waals surface area contributed by atoms with Gasteiger partial charge >= 0.3 is 0 Å². The van der Waals surface area contributed by atoms with E-state index in [0.29, 0.717) is 17.8 Å². The van der Waals surface area contributed by atoms with Crippen molar-refractivity contribution in [2.45, 2.75) is 51.7 Å². The van der Waals surface area contributed by atoms with Crippen LogP contribution >= 0.6 is 11.3 Å². The monoisotopic (exact) mass is 329 g/mol. The molecule has 0 aliphatic carbocycles. The second-order valence-corrected chi connectivity index (χ2v) is 8.11. The second kappa shape index (κ2) is 5.53. The SMILES string of the molecule is COc1c(O)ccc2c1CN1C(C)Cc3sc(C)cc3[C@@H]1CC2. The minimum absolute atomic E-state index is 0.251. The summed E-state index contributed by atoms with van der Waals surface area (Å²) in [6, 6.07) is 7.22. The Morgan fingerprint density at radius 3 is 2.96 bits per heavy atom. The van der Waals surface area contributed by atoms with E-state index in [2.05, 4.69) is 30.9 Å². The molecule has 1 unspecified atom stereocenters. The Hall–Kier alpha value is -1.52. The first-order valence-electron chi connectivity index (χ1n) is 8.31. The van der Waals surface area contributed by atoms with Crippen LogP contribution in [0.4, 0.5) is 0 Å². The van der Waals surface area contributed by atoms with Crippen LogP contribution in [0.3, 0.4) is 0 Å². The number of hydrogen-bond donors (Lipinski definition) is 1. The highest BCUT2D eigenvalue weighted by atomic mass is 32.1. The van der Waals surface area contributed by atoms with E-state index in [4.69, 9.17) is 4.74 Å². The van der Waals surface area contributed by atoms with Crippen LogP contribution in [0.2, 0.25) is 0 Å². The van der Waals surface area contributed by atoms with E-state index in [1.807, 2.05) is 11.3 Å². The highest BCUT2D eigenvalue weighted by molar-refractivity contribution is 7.12. The summed E-state index contributed by atoms with van der Waals surface area (Å²) in [4.78, 5) is 5.58. The van der Waals surface area contributed by atoms with E-state index >= 15 is 0 Å². The van der Waals surface area contributed by atoms with Crippen molar-refractivity contribution in [3.63, 3.8) is 0 Å². The van der Waals surface area contributed by atoms with Gasteiger partial charge in [0, 0.05) is 33.9 Å². The van der Waals surface area contributed by atoms with Crippen molar-refractivity contribution in [3.05, 3.63) is 44.6 Å². The summed E-state index contributed by atoms with van der Waals surface area (Å²) in [7, 11) is 1.65. The number of methoxy groups -OCH3 is 1. The van der Waals surface area contributed by atoms with E-state index in [0.717, 1.165) is 31.4 Å². The number of hydrogen-bond acceptors (Lipinski definition) is 4. The average molecular weight is 329 g/mol. The van der Waals surface area contributed by atoms with Crippen LogP contribution in [0.5, 0.6) is 11.5 Å². The molecule has 1 aromatic heterocycles. The molecule has 4 heteroatoms. The van der Waals surface area contributed by atoms with Gasteiger partial charge in [-0.3, -0.25) is 4.90 Å². The molecule has 0 saturated heterocycles. The van der Waals surface area contributed by atoms with Gasteiger partial charge in [0.15, 0.2) is 11.5 Å². The van der Waals surface area contributed by atoms with Crippen molar-refractivity contribution >= 4 is 11.3 Å². The van der Waals surface area contributed by atoms with Crippen LogP contribution in [0.25, 0.3) is 0 Å². The van der Waals surface area contributed by atoms with E-state index in [9.17, 15) is 5.11 Å².